The van der Waals surface area contributed by atoms with Crippen LogP contribution < -0.4 is 0 Å². The zero-order valence-electron chi connectivity index (χ0n) is 14.6. The fourth-order valence-corrected chi connectivity index (χ4v) is 5.90. The Morgan fingerprint density at radius 1 is 0.800 bits per heavy atom. The summed E-state index contributed by atoms with van der Waals surface area (Å²) in [4.78, 5) is 0. The Morgan fingerprint density at radius 3 is 1.60 bits per heavy atom. The highest BCUT2D eigenvalue weighted by atomic mass is 28.4. The molecule has 0 spiro atoms. The van der Waals surface area contributed by atoms with Crippen molar-refractivity contribution in [2.75, 3.05) is 20.8 Å². The summed E-state index contributed by atoms with van der Waals surface area (Å²) in [6.45, 7) is 9.71. The molecule has 0 radical (unpaired) electrons. The SMILES string of the molecule is CCCCO[Si](OC)(OC)C(C)(CCCC)CCCC. The van der Waals surface area contributed by atoms with Gasteiger partial charge in [0.25, 0.3) is 0 Å². The number of hydrogen-bond donors (Lipinski definition) is 0. The molecule has 0 aromatic heterocycles. The van der Waals surface area contributed by atoms with Gasteiger partial charge in [0, 0.05) is 25.9 Å². The molecule has 20 heavy (non-hydrogen) atoms. The van der Waals surface area contributed by atoms with Gasteiger partial charge in [0.1, 0.15) is 0 Å². The quantitative estimate of drug-likeness (QED) is 0.347. The maximum absolute atomic E-state index is 6.22. The molecule has 0 atom stereocenters. The highest BCUT2D eigenvalue weighted by Crippen LogP contribution is 2.48. The first-order valence-electron chi connectivity index (χ1n) is 8.30. The van der Waals surface area contributed by atoms with Crippen molar-refractivity contribution in [2.45, 2.75) is 84.1 Å². The fourth-order valence-electron chi connectivity index (χ4n) is 2.78. The summed E-state index contributed by atoms with van der Waals surface area (Å²) in [5.41, 5.74) is 0. The van der Waals surface area contributed by atoms with E-state index in [-0.39, 0.29) is 5.04 Å². The molecule has 0 amide bonds. The third kappa shape index (κ3) is 5.47. The van der Waals surface area contributed by atoms with E-state index in [9.17, 15) is 0 Å². The van der Waals surface area contributed by atoms with Gasteiger partial charge in [-0.1, -0.05) is 59.8 Å². The summed E-state index contributed by atoms with van der Waals surface area (Å²) in [5.74, 6) is 0. The topological polar surface area (TPSA) is 27.7 Å². The van der Waals surface area contributed by atoms with Crippen LogP contribution in [-0.4, -0.2) is 29.6 Å². The summed E-state index contributed by atoms with van der Waals surface area (Å²) >= 11 is 0. The van der Waals surface area contributed by atoms with Crippen LogP contribution in [-0.2, 0) is 13.3 Å². The maximum atomic E-state index is 6.22. The predicted molar refractivity (Wildman–Crippen MR) is 88.0 cm³/mol. The standard InChI is InChI=1S/C16H36O3Si/c1-7-10-13-16(4,14-11-8-2)20(17-5,18-6)19-15-12-9-3/h7-15H2,1-6H3. The van der Waals surface area contributed by atoms with Crippen LogP contribution in [0.5, 0.6) is 0 Å². The Hall–Kier alpha value is 0.0969. The zero-order chi connectivity index (χ0) is 15.5. The van der Waals surface area contributed by atoms with Gasteiger partial charge in [-0.25, -0.2) is 0 Å². The Kier molecular flexibility index (Phi) is 10.8. The normalized spacial score (nSPS) is 12.9. The number of hydrogen-bond acceptors (Lipinski definition) is 3. The molecule has 4 heteroatoms. The van der Waals surface area contributed by atoms with Crippen LogP contribution in [0.2, 0.25) is 5.04 Å². The van der Waals surface area contributed by atoms with Gasteiger partial charge in [0.15, 0.2) is 0 Å². The highest BCUT2D eigenvalue weighted by Gasteiger charge is 2.56. The van der Waals surface area contributed by atoms with Gasteiger partial charge in [-0.3, -0.25) is 0 Å². The molecule has 0 heterocycles. The molecule has 122 valence electrons. The second-order valence-electron chi connectivity index (χ2n) is 5.93. The average molecular weight is 305 g/mol. The van der Waals surface area contributed by atoms with Crippen LogP contribution in [0.15, 0.2) is 0 Å². The van der Waals surface area contributed by atoms with Gasteiger partial charge >= 0.3 is 8.80 Å². The molecule has 0 bridgehead atoms. The van der Waals surface area contributed by atoms with Crippen molar-refractivity contribution in [3.63, 3.8) is 0 Å². The Labute approximate surface area is 127 Å². The molecule has 0 fully saturated rings. The van der Waals surface area contributed by atoms with Gasteiger partial charge < -0.3 is 13.3 Å². The van der Waals surface area contributed by atoms with Crippen molar-refractivity contribution in [3.8, 4) is 0 Å². The largest absolute Gasteiger partial charge is 0.506 e. The highest BCUT2D eigenvalue weighted by molar-refractivity contribution is 6.64. The maximum Gasteiger partial charge on any atom is 0.506 e. The molecule has 0 N–H and O–H groups in total. The molecule has 0 aromatic rings. The molecule has 0 aliphatic carbocycles. The lowest BCUT2D eigenvalue weighted by Gasteiger charge is -2.42. The van der Waals surface area contributed by atoms with Crippen LogP contribution in [0.25, 0.3) is 0 Å². The lowest BCUT2D eigenvalue weighted by atomic mass is 9.97. The molecule has 0 saturated carbocycles. The minimum atomic E-state index is -2.61. The Morgan fingerprint density at radius 2 is 1.25 bits per heavy atom. The monoisotopic (exact) mass is 304 g/mol. The molecular weight excluding hydrogens is 268 g/mol. The average Bonchev–Trinajstić information content (AvgIpc) is 2.48. The first kappa shape index (κ1) is 20.1. The van der Waals surface area contributed by atoms with Crippen molar-refractivity contribution < 1.29 is 13.3 Å². The summed E-state index contributed by atoms with van der Waals surface area (Å²) in [7, 11) is 0.915. The lowest BCUT2D eigenvalue weighted by Crippen LogP contribution is -2.54. The van der Waals surface area contributed by atoms with E-state index >= 15 is 0 Å². The molecule has 0 saturated heterocycles. The van der Waals surface area contributed by atoms with Gasteiger partial charge in [-0.15, -0.1) is 0 Å². The first-order valence-corrected chi connectivity index (χ1v) is 10.0. The van der Waals surface area contributed by atoms with E-state index in [1.807, 2.05) is 0 Å². The minimum absolute atomic E-state index is 0.0380. The number of unbranched alkanes of at least 4 members (excludes halogenated alkanes) is 3. The second-order valence-corrected chi connectivity index (χ2v) is 9.36. The third-order valence-corrected chi connectivity index (χ3v) is 7.87. The van der Waals surface area contributed by atoms with E-state index in [1.165, 1.54) is 25.7 Å². The van der Waals surface area contributed by atoms with E-state index in [0.29, 0.717) is 0 Å². The van der Waals surface area contributed by atoms with E-state index in [2.05, 4.69) is 27.7 Å². The van der Waals surface area contributed by atoms with Crippen LogP contribution in [0.1, 0.15) is 79.1 Å². The summed E-state index contributed by atoms with van der Waals surface area (Å²) in [5, 5.41) is 0.0380. The molecule has 0 aliphatic rings. The minimum Gasteiger partial charge on any atom is -0.377 e. The molecule has 3 nitrogen and oxygen atoms in total. The third-order valence-electron chi connectivity index (χ3n) is 4.23. The molecule has 0 aliphatic heterocycles. The van der Waals surface area contributed by atoms with Gasteiger partial charge in [0.05, 0.1) is 0 Å². The molecular formula is C16H36O3Si. The lowest BCUT2D eigenvalue weighted by molar-refractivity contribution is 0.0635. The van der Waals surface area contributed by atoms with Crippen LogP contribution in [0, 0.1) is 0 Å². The van der Waals surface area contributed by atoms with Crippen molar-refractivity contribution in [2.24, 2.45) is 0 Å². The van der Waals surface area contributed by atoms with Crippen LogP contribution in [0.3, 0.4) is 0 Å². The zero-order valence-corrected chi connectivity index (χ0v) is 15.6. The smallest absolute Gasteiger partial charge is 0.377 e. The van der Waals surface area contributed by atoms with E-state index in [1.54, 1.807) is 14.2 Å². The Balaban J connectivity index is 5.04. The summed E-state index contributed by atoms with van der Waals surface area (Å²) in [6, 6.07) is 0. The van der Waals surface area contributed by atoms with Gasteiger partial charge in [0.2, 0.25) is 0 Å². The van der Waals surface area contributed by atoms with Crippen molar-refractivity contribution >= 4 is 8.80 Å². The van der Waals surface area contributed by atoms with Crippen molar-refractivity contribution in [3.05, 3.63) is 0 Å². The van der Waals surface area contributed by atoms with Gasteiger partial charge in [-0.2, -0.15) is 0 Å². The van der Waals surface area contributed by atoms with Crippen molar-refractivity contribution in [1.29, 1.82) is 0 Å². The first-order chi connectivity index (χ1) is 9.55. The summed E-state index contributed by atoms with van der Waals surface area (Å²) < 4.78 is 18.0. The van der Waals surface area contributed by atoms with Gasteiger partial charge in [-0.05, 0) is 19.3 Å². The van der Waals surface area contributed by atoms with E-state index in [4.69, 9.17) is 13.3 Å². The molecule has 0 rings (SSSR count). The van der Waals surface area contributed by atoms with E-state index < -0.39 is 8.80 Å². The molecule has 0 aromatic carbocycles. The Bertz CT molecular complexity index is 222. The van der Waals surface area contributed by atoms with E-state index in [0.717, 1.165) is 32.3 Å². The predicted octanol–water partition coefficient (Wildman–Crippen LogP) is 5.18. The fraction of sp³-hybridized carbons (Fsp3) is 1.00. The number of rotatable bonds is 13. The van der Waals surface area contributed by atoms with Crippen molar-refractivity contribution in [1.82, 2.24) is 0 Å². The molecule has 0 unspecified atom stereocenters. The summed E-state index contributed by atoms with van der Waals surface area (Å²) in [6.07, 6.45) is 9.28. The second kappa shape index (κ2) is 10.8. The van der Waals surface area contributed by atoms with Crippen LogP contribution in [0.4, 0.5) is 0 Å². The van der Waals surface area contributed by atoms with Crippen LogP contribution >= 0.6 is 0 Å².